The van der Waals surface area contributed by atoms with Crippen molar-refractivity contribution in [1.29, 1.82) is 0 Å². The minimum Gasteiger partial charge on any atom is -0.475 e. The van der Waals surface area contributed by atoms with E-state index in [0.29, 0.717) is 6.54 Å². The smallest absolute Gasteiger partial charge is 0.371 e. The second-order valence-electron chi connectivity index (χ2n) is 5.20. The summed E-state index contributed by atoms with van der Waals surface area (Å²) in [4.78, 5) is 10.7. The van der Waals surface area contributed by atoms with Gasteiger partial charge in [0.25, 0.3) is 10.0 Å². The van der Waals surface area contributed by atoms with Crippen molar-refractivity contribution in [3.05, 3.63) is 17.9 Å². The van der Waals surface area contributed by atoms with Gasteiger partial charge in [-0.05, 0) is 31.2 Å². The van der Waals surface area contributed by atoms with Gasteiger partial charge in [-0.2, -0.15) is 11.8 Å². The first-order valence-corrected chi connectivity index (χ1v) is 9.47. The first-order chi connectivity index (χ1) is 9.88. The summed E-state index contributed by atoms with van der Waals surface area (Å²) in [5.74, 6) is -1.67. The highest BCUT2D eigenvalue weighted by atomic mass is 32.2. The third-order valence-electron chi connectivity index (χ3n) is 3.84. The van der Waals surface area contributed by atoms with Crippen molar-refractivity contribution in [2.45, 2.75) is 41.9 Å². The number of sulfonamides is 1. The van der Waals surface area contributed by atoms with E-state index < -0.39 is 16.0 Å². The van der Waals surface area contributed by atoms with Crippen molar-refractivity contribution in [1.82, 2.24) is 4.72 Å². The average molecular weight is 333 g/mol. The number of furan rings is 1. The van der Waals surface area contributed by atoms with Gasteiger partial charge in [-0.25, -0.2) is 17.9 Å². The molecule has 2 rings (SSSR count). The van der Waals surface area contributed by atoms with Crippen LogP contribution in [0.3, 0.4) is 0 Å². The lowest BCUT2D eigenvalue weighted by Gasteiger charge is -2.35. The van der Waals surface area contributed by atoms with Gasteiger partial charge >= 0.3 is 5.97 Å². The molecule has 0 amide bonds. The second-order valence-corrected chi connectivity index (χ2v) is 8.17. The molecule has 21 heavy (non-hydrogen) atoms. The summed E-state index contributed by atoms with van der Waals surface area (Å²) >= 11 is 1.69. The molecule has 0 radical (unpaired) electrons. The number of carboxylic acids is 1. The third-order valence-corrected chi connectivity index (χ3v) is 6.53. The zero-order chi connectivity index (χ0) is 15.5. The fourth-order valence-corrected chi connectivity index (χ4v) is 4.59. The zero-order valence-electron chi connectivity index (χ0n) is 11.8. The lowest BCUT2D eigenvalue weighted by molar-refractivity contribution is 0.0656. The maximum Gasteiger partial charge on any atom is 0.371 e. The van der Waals surface area contributed by atoms with E-state index in [1.165, 1.54) is 12.5 Å². The molecule has 8 heteroatoms. The lowest BCUT2D eigenvalue weighted by Crippen LogP contribution is -2.41. The molecule has 0 atom stereocenters. The fraction of sp³-hybridized carbons (Fsp3) is 0.615. The molecule has 0 saturated heterocycles. The Morgan fingerprint density at radius 2 is 2.05 bits per heavy atom. The van der Waals surface area contributed by atoms with Gasteiger partial charge in [0.15, 0.2) is 0 Å². The van der Waals surface area contributed by atoms with Gasteiger partial charge in [0, 0.05) is 11.3 Å². The standard InChI is InChI=1S/C13H19NO5S2/c1-20-13(7-3-2-4-8-13)9-14-21(17,18)11-6-5-10(19-11)12(15)16/h5-6,14H,2-4,7-9H2,1H3,(H,15,16). The van der Waals surface area contributed by atoms with E-state index >= 15 is 0 Å². The molecular weight excluding hydrogens is 314 g/mol. The van der Waals surface area contributed by atoms with Crippen molar-refractivity contribution >= 4 is 27.8 Å². The third kappa shape index (κ3) is 3.81. The Hall–Kier alpha value is -0.990. The SMILES string of the molecule is CSC1(CNS(=O)(=O)c2ccc(C(=O)O)o2)CCCCC1. The molecule has 0 aliphatic heterocycles. The molecule has 1 aromatic rings. The molecule has 1 fully saturated rings. The van der Waals surface area contributed by atoms with Crippen LogP contribution >= 0.6 is 11.8 Å². The maximum atomic E-state index is 12.2. The molecule has 2 N–H and O–H groups in total. The van der Waals surface area contributed by atoms with E-state index in [9.17, 15) is 13.2 Å². The van der Waals surface area contributed by atoms with Crippen LogP contribution in [0.4, 0.5) is 0 Å². The number of hydrogen-bond donors (Lipinski definition) is 2. The summed E-state index contributed by atoms with van der Waals surface area (Å²) in [7, 11) is -3.81. The Balaban J connectivity index is 2.07. The van der Waals surface area contributed by atoms with Crippen LogP contribution < -0.4 is 4.72 Å². The van der Waals surface area contributed by atoms with Crippen LogP contribution in [0.1, 0.15) is 42.7 Å². The summed E-state index contributed by atoms with van der Waals surface area (Å²) in [6, 6.07) is 2.31. The Kier molecular flexibility index (Phi) is 5.00. The normalized spacial score (nSPS) is 18.5. The highest BCUT2D eigenvalue weighted by molar-refractivity contribution is 8.00. The minimum absolute atomic E-state index is 0.0759. The van der Waals surface area contributed by atoms with Gasteiger partial charge in [-0.15, -0.1) is 0 Å². The molecular formula is C13H19NO5S2. The summed E-state index contributed by atoms with van der Waals surface area (Å²) < 4.78 is 31.7. The molecule has 1 aliphatic rings. The number of carbonyl (C=O) groups is 1. The largest absolute Gasteiger partial charge is 0.475 e. The van der Waals surface area contributed by atoms with Crippen LogP contribution in [0.25, 0.3) is 0 Å². The highest BCUT2D eigenvalue weighted by Gasteiger charge is 2.33. The van der Waals surface area contributed by atoms with Crippen molar-refractivity contribution in [2.75, 3.05) is 12.8 Å². The monoisotopic (exact) mass is 333 g/mol. The summed E-state index contributed by atoms with van der Waals surface area (Å²) in [6.45, 7) is 0.333. The summed E-state index contributed by atoms with van der Waals surface area (Å²) in [5, 5.41) is 8.41. The Morgan fingerprint density at radius 1 is 1.38 bits per heavy atom. The van der Waals surface area contributed by atoms with Gasteiger partial charge in [0.2, 0.25) is 10.9 Å². The molecule has 1 saturated carbocycles. The average Bonchev–Trinajstić information content (AvgIpc) is 2.97. The minimum atomic E-state index is -3.81. The van der Waals surface area contributed by atoms with Gasteiger partial charge in [-0.3, -0.25) is 0 Å². The quantitative estimate of drug-likeness (QED) is 0.829. The first-order valence-electron chi connectivity index (χ1n) is 6.76. The van der Waals surface area contributed by atoms with E-state index in [0.717, 1.165) is 31.7 Å². The molecule has 0 unspecified atom stereocenters. The van der Waals surface area contributed by atoms with Gasteiger partial charge < -0.3 is 9.52 Å². The van der Waals surface area contributed by atoms with E-state index in [-0.39, 0.29) is 15.6 Å². The van der Waals surface area contributed by atoms with Crippen LogP contribution in [-0.4, -0.2) is 37.0 Å². The van der Waals surface area contributed by atoms with Crippen molar-refractivity contribution < 1.29 is 22.7 Å². The van der Waals surface area contributed by atoms with Gasteiger partial charge in [0.05, 0.1) is 0 Å². The number of rotatable bonds is 6. The predicted molar refractivity (Wildman–Crippen MR) is 80.2 cm³/mol. The van der Waals surface area contributed by atoms with E-state index in [1.807, 2.05) is 6.26 Å². The summed E-state index contributed by atoms with van der Waals surface area (Å²) in [6.07, 6.45) is 7.35. The van der Waals surface area contributed by atoms with Crippen LogP contribution in [0.5, 0.6) is 0 Å². The van der Waals surface area contributed by atoms with Crippen LogP contribution in [0.2, 0.25) is 0 Å². The number of thioether (sulfide) groups is 1. The number of carboxylic acid groups (broad SMARTS) is 1. The molecule has 6 nitrogen and oxygen atoms in total. The van der Waals surface area contributed by atoms with Crippen molar-refractivity contribution in [2.24, 2.45) is 0 Å². The zero-order valence-corrected chi connectivity index (χ0v) is 13.4. The molecule has 0 bridgehead atoms. The Bertz CT molecular complexity index is 602. The Morgan fingerprint density at radius 3 is 2.57 bits per heavy atom. The van der Waals surface area contributed by atoms with Crippen LogP contribution in [0.15, 0.2) is 21.6 Å². The molecule has 1 aromatic heterocycles. The van der Waals surface area contributed by atoms with E-state index in [4.69, 9.17) is 9.52 Å². The first kappa shape index (κ1) is 16.4. The van der Waals surface area contributed by atoms with Crippen molar-refractivity contribution in [3.63, 3.8) is 0 Å². The van der Waals surface area contributed by atoms with Gasteiger partial charge in [0.1, 0.15) is 0 Å². The topological polar surface area (TPSA) is 96.6 Å². The van der Waals surface area contributed by atoms with Crippen molar-refractivity contribution in [3.8, 4) is 0 Å². The number of aromatic carboxylic acids is 1. The van der Waals surface area contributed by atoms with Gasteiger partial charge in [-0.1, -0.05) is 19.3 Å². The molecule has 0 spiro atoms. The predicted octanol–water partition coefficient (Wildman–Crippen LogP) is 2.32. The molecule has 1 aliphatic carbocycles. The highest BCUT2D eigenvalue weighted by Crippen LogP contribution is 2.38. The van der Waals surface area contributed by atoms with E-state index in [2.05, 4.69) is 4.72 Å². The molecule has 118 valence electrons. The molecule has 0 aromatic carbocycles. The Labute approximate surface area is 128 Å². The maximum absolute atomic E-state index is 12.2. The summed E-state index contributed by atoms with van der Waals surface area (Å²) in [5.41, 5.74) is 0. The fourth-order valence-electron chi connectivity index (χ4n) is 2.53. The number of nitrogens with one attached hydrogen (secondary N) is 1. The van der Waals surface area contributed by atoms with E-state index in [1.54, 1.807) is 11.8 Å². The number of hydrogen-bond acceptors (Lipinski definition) is 5. The van der Waals surface area contributed by atoms with Crippen LogP contribution in [-0.2, 0) is 10.0 Å². The molecule has 1 heterocycles. The lowest BCUT2D eigenvalue weighted by atomic mass is 9.88. The van der Waals surface area contributed by atoms with Crippen LogP contribution in [0, 0.1) is 0 Å². The second kappa shape index (κ2) is 6.41.